The van der Waals surface area contributed by atoms with Gasteiger partial charge in [-0.1, -0.05) is 19.3 Å². The van der Waals surface area contributed by atoms with Crippen LogP contribution in [0.2, 0.25) is 0 Å². The van der Waals surface area contributed by atoms with Crippen LogP contribution in [0.4, 0.5) is 0 Å². The summed E-state index contributed by atoms with van der Waals surface area (Å²) in [6, 6.07) is 6.57. The molecule has 1 aliphatic rings. The van der Waals surface area contributed by atoms with Gasteiger partial charge < -0.3 is 19.2 Å². The third-order valence-electron chi connectivity index (χ3n) is 6.06. The highest BCUT2D eigenvalue weighted by Gasteiger charge is 2.25. The molecule has 0 unspecified atom stereocenters. The molecule has 0 atom stereocenters. The van der Waals surface area contributed by atoms with Crippen LogP contribution < -0.4 is 10.1 Å². The number of hydrogen-bond acceptors (Lipinski definition) is 3. The number of aryl methyl sites for hydroxylation is 1. The first kappa shape index (κ1) is 19.6. The number of imidazole rings is 1. The molecule has 0 aliphatic heterocycles. The van der Waals surface area contributed by atoms with Gasteiger partial charge in [-0.25, -0.2) is 4.98 Å². The van der Waals surface area contributed by atoms with Crippen molar-refractivity contribution in [3.05, 3.63) is 48.2 Å². The number of hydrogen-bond donors (Lipinski definition) is 1. The van der Waals surface area contributed by atoms with Crippen molar-refractivity contribution in [2.24, 2.45) is 0 Å². The molecule has 0 spiro atoms. The van der Waals surface area contributed by atoms with Crippen LogP contribution in [0.5, 0.6) is 5.75 Å². The highest BCUT2D eigenvalue weighted by Crippen LogP contribution is 2.37. The third kappa shape index (κ3) is 4.02. The maximum atomic E-state index is 13.2. The first-order valence-corrected chi connectivity index (χ1v) is 10.6. The van der Waals surface area contributed by atoms with Crippen molar-refractivity contribution < 1.29 is 9.53 Å². The van der Waals surface area contributed by atoms with Crippen molar-refractivity contribution in [1.82, 2.24) is 19.4 Å². The van der Waals surface area contributed by atoms with Crippen molar-refractivity contribution in [1.29, 1.82) is 0 Å². The van der Waals surface area contributed by atoms with Crippen molar-refractivity contribution in [2.75, 3.05) is 13.7 Å². The molecular formula is C23H30N4O2. The Hall–Kier alpha value is -2.76. The lowest BCUT2D eigenvalue weighted by Gasteiger charge is -2.26. The lowest BCUT2D eigenvalue weighted by Crippen LogP contribution is -2.26. The van der Waals surface area contributed by atoms with Gasteiger partial charge in [-0.05, 0) is 44.4 Å². The number of fused-ring (bicyclic) bond motifs is 1. The molecule has 1 aromatic carbocycles. The first-order valence-electron chi connectivity index (χ1n) is 10.6. The number of methoxy groups -OCH3 is 1. The summed E-state index contributed by atoms with van der Waals surface area (Å²) in [7, 11) is 1.67. The Bertz CT molecular complexity index is 969. The quantitative estimate of drug-likeness (QED) is 0.601. The van der Waals surface area contributed by atoms with Gasteiger partial charge in [0.15, 0.2) is 0 Å². The molecule has 1 N–H and O–H groups in total. The number of amides is 1. The highest BCUT2D eigenvalue weighted by molar-refractivity contribution is 6.08. The van der Waals surface area contributed by atoms with Crippen LogP contribution in [-0.2, 0) is 6.54 Å². The van der Waals surface area contributed by atoms with Crippen molar-refractivity contribution in [3.8, 4) is 5.75 Å². The van der Waals surface area contributed by atoms with Crippen LogP contribution in [0.15, 0.2) is 36.9 Å². The van der Waals surface area contributed by atoms with Gasteiger partial charge in [0.2, 0.25) is 0 Å². The zero-order valence-electron chi connectivity index (χ0n) is 17.4. The van der Waals surface area contributed by atoms with Gasteiger partial charge in [-0.15, -0.1) is 0 Å². The number of rotatable bonds is 7. The van der Waals surface area contributed by atoms with Gasteiger partial charge in [0.1, 0.15) is 5.75 Å². The summed E-state index contributed by atoms with van der Waals surface area (Å²) in [5, 5.41) is 4.11. The number of nitrogens with one attached hydrogen (secondary N) is 1. The van der Waals surface area contributed by atoms with Crippen LogP contribution in [0.25, 0.3) is 10.9 Å². The van der Waals surface area contributed by atoms with E-state index in [-0.39, 0.29) is 5.91 Å². The van der Waals surface area contributed by atoms with E-state index in [9.17, 15) is 4.79 Å². The summed E-state index contributed by atoms with van der Waals surface area (Å²) in [6.45, 7) is 3.56. The highest BCUT2D eigenvalue weighted by atomic mass is 16.5. The van der Waals surface area contributed by atoms with Crippen molar-refractivity contribution in [2.45, 2.75) is 58.0 Å². The predicted molar refractivity (Wildman–Crippen MR) is 115 cm³/mol. The van der Waals surface area contributed by atoms with Gasteiger partial charge in [0.05, 0.1) is 19.0 Å². The molecular weight excluding hydrogens is 364 g/mol. The molecule has 6 heteroatoms. The van der Waals surface area contributed by atoms with E-state index in [1.54, 1.807) is 19.6 Å². The van der Waals surface area contributed by atoms with Crippen LogP contribution in [0, 0.1) is 6.92 Å². The second-order valence-electron chi connectivity index (χ2n) is 7.92. The Kier molecular flexibility index (Phi) is 5.88. The minimum absolute atomic E-state index is 0.000874. The maximum absolute atomic E-state index is 13.2. The lowest BCUT2D eigenvalue weighted by atomic mass is 9.95. The molecule has 1 fully saturated rings. The molecule has 29 heavy (non-hydrogen) atoms. The summed E-state index contributed by atoms with van der Waals surface area (Å²) in [5.41, 5.74) is 2.98. The van der Waals surface area contributed by atoms with Crippen LogP contribution in [-0.4, -0.2) is 33.7 Å². The molecule has 3 aromatic rings. The molecule has 1 amide bonds. The Labute approximate surface area is 171 Å². The predicted octanol–water partition coefficient (Wildman–Crippen LogP) is 4.48. The number of carbonyl (C=O) groups excluding carboxylic acids is 1. The minimum Gasteiger partial charge on any atom is -0.497 e. The standard InChI is InChI=1S/C23H30N4O2/c1-17-22(23(28)25-11-6-13-26-14-12-24-16-26)20-15-19(29-2)9-10-21(20)27(17)18-7-4-3-5-8-18/h9-10,12,14-16,18H,3-8,11,13H2,1-2H3,(H,25,28). The Morgan fingerprint density at radius 2 is 2.10 bits per heavy atom. The molecule has 4 rings (SSSR count). The van der Waals surface area contributed by atoms with Crippen LogP contribution >= 0.6 is 0 Å². The summed E-state index contributed by atoms with van der Waals surface area (Å²) in [4.78, 5) is 17.2. The second kappa shape index (κ2) is 8.72. The fourth-order valence-corrected chi connectivity index (χ4v) is 4.62. The van der Waals surface area contributed by atoms with Crippen molar-refractivity contribution in [3.63, 3.8) is 0 Å². The number of benzene rings is 1. The van der Waals surface area contributed by atoms with Gasteiger partial charge in [-0.3, -0.25) is 4.79 Å². The van der Waals surface area contributed by atoms with Crippen molar-refractivity contribution >= 4 is 16.8 Å². The normalized spacial score (nSPS) is 15.0. The average molecular weight is 395 g/mol. The lowest BCUT2D eigenvalue weighted by molar-refractivity contribution is 0.0953. The van der Waals surface area contributed by atoms with E-state index in [0.29, 0.717) is 12.6 Å². The zero-order chi connectivity index (χ0) is 20.2. The topological polar surface area (TPSA) is 61.1 Å². The van der Waals surface area contributed by atoms with E-state index in [1.807, 2.05) is 22.9 Å². The zero-order valence-corrected chi connectivity index (χ0v) is 17.4. The van der Waals surface area contributed by atoms with Crippen LogP contribution in [0.1, 0.15) is 60.6 Å². The fraction of sp³-hybridized carbons (Fsp3) is 0.478. The fourth-order valence-electron chi connectivity index (χ4n) is 4.62. The molecule has 0 bridgehead atoms. The molecule has 1 aliphatic carbocycles. The van der Waals surface area contributed by atoms with E-state index < -0.39 is 0 Å². The summed E-state index contributed by atoms with van der Waals surface area (Å²) in [6.07, 6.45) is 12.6. The van der Waals surface area contributed by atoms with Gasteiger partial charge >= 0.3 is 0 Å². The number of carbonyl (C=O) groups is 1. The van der Waals surface area contributed by atoms with E-state index in [4.69, 9.17) is 4.74 Å². The summed E-state index contributed by atoms with van der Waals surface area (Å²) >= 11 is 0. The number of ether oxygens (including phenoxy) is 1. The van der Waals surface area contributed by atoms with E-state index in [0.717, 1.165) is 40.9 Å². The second-order valence-corrected chi connectivity index (χ2v) is 7.92. The summed E-state index contributed by atoms with van der Waals surface area (Å²) in [5.74, 6) is 0.786. The van der Waals surface area contributed by atoms with E-state index in [1.165, 1.54) is 32.1 Å². The monoisotopic (exact) mass is 394 g/mol. The van der Waals surface area contributed by atoms with E-state index in [2.05, 4.69) is 27.9 Å². The smallest absolute Gasteiger partial charge is 0.253 e. The number of aromatic nitrogens is 3. The molecule has 0 radical (unpaired) electrons. The molecule has 2 heterocycles. The Morgan fingerprint density at radius 3 is 2.83 bits per heavy atom. The molecule has 154 valence electrons. The largest absolute Gasteiger partial charge is 0.497 e. The van der Waals surface area contributed by atoms with Gasteiger partial charge in [-0.2, -0.15) is 0 Å². The molecule has 1 saturated carbocycles. The third-order valence-corrected chi connectivity index (χ3v) is 6.06. The maximum Gasteiger partial charge on any atom is 0.253 e. The molecule has 2 aromatic heterocycles. The SMILES string of the molecule is COc1ccc2c(c1)c(C(=O)NCCCn1ccnc1)c(C)n2C1CCCCC1. The molecule has 6 nitrogen and oxygen atoms in total. The molecule has 0 saturated heterocycles. The minimum atomic E-state index is 0.000874. The van der Waals surface area contributed by atoms with Crippen LogP contribution in [0.3, 0.4) is 0 Å². The Balaban J connectivity index is 1.59. The van der Waals surface area contributed by atoms with Gasteiger partial charge in [0.25, 0.3) is 5.91 Å². The van der Waals surface area contributed by atoms with E-state index >= 15 is 0 Å². The first-order chi connectivity index (χ1) is 14.2. The average Bonchev–Trinajstić information content (AvgIpc) is 3.36. The number of nitrogens with zero attached hydrogens (tertiary/aromatic N) is 3. The van der Waals surface area contributed by atoms with Gasteiger partial charge in [0, 0.05) is 48.1 Å². The summed E-state index contributed by atoms with van der Waals surface area (Å²) < 4.78 is 9.86. The Morgan fingerprint density at radius 1 is 1.28 bits per heavy atom.